The summed E-state index contributed by atoms with van der Waals surface area (Å²) in [7, 11) is 7.07. The lowest BCUT2D eigenvalue weighted by Gasteiger charge is -2.36. The van der Waals surface area contributed by atoms with Crippen LogP contribution in [0.15, 0.2) is 89.9 Å². The standard InChI is InChI=1S/C41H49N5O5S3/c1-30-14-16-33(17-15-30)51-37(32-10-6-5-7-11-32)18-19-44(4)40(47)49-24-26-52-53-27-25-50-41(48)46-29-38-34(28-31(2)54-38)39(45-22-20-43(3)21-23-45)42-35-12-8-9-13-36(35)46/h5-17,28,37H,18-27,29H2,1-4H3. The van der Waals surface area contributed by atoms with Gasteiger partial charge in [-0.1, -0.05) is 81.7 Å². The fourth-order valence-corrected chi connectivity index (χ4v) is 8.93. The first kappa shape index (κ1) is 39.5. The molecule has 0 spiro atoms. The molecule has 0 bridgehead atoms. The lowest BCUT2D eigenvalue weighted by molar-refractivity contribution is 0.109. The molecule has 4 aromatic rings. The van der Waals surface area contributed by atoms with Crippen LogP contribution >= 0.6 is 32.9 Å². The van der Waals surface area contributed by atoms with Gasteiger partial charge in [0, 0.05) is 73.0 Å². The highest BCUT2D eigenvalue weighted by Crippen LogP contribution is 2.37. The lowest BCUT2D eigenvalue weighted by Crippen LogP contribution is -2.47. The van der Waals surface area contributed by atoms with Crippen LogP contribution in [0.2, 0.25) is 0 Å². The molecule has 1 saturated heterocycles. The highest BCUT2D eigenvalue weighted by molar-refractivity contribution is 8.76. The minimum Gasteiger partial charge on any atom is -0.486 e. The first-order chi connectivity index (χ1) is 26.2. The van der Waals surface area contributed by atoms with Gasteiger partial charge in [0.15, 0.2) is 0 Å². The summed E-state index contributed by atoms with van der Waals surface area (Å²) < 4.78 is 17.7. The maximum absolute atomic E-state index is 13.6. The molecule has 3 aromatic carbocycles. The molecule has 2 amide bonds. The Labute approximate surface area is 330 Å². The van der Waals surface area contributed by atoms with Crippen LogP contribution in [0.25, 0.3) is 0 Å². The number of fused-ring (bicyclic) bond motifs is 2. The summed E-state index contributed by atoms with van der Waals surface area (Å²) >= 11 is 1.70. The third-order valence-electron chi connectivity index (χ3n) is 9.27. The quantitative estimate of drug-likeness (QED) is 0.0975. The number of amides is 2. The van der Waals surface area contributed by atoms with Crippen molar-refractivity contribution >= 4 is 62.3 Å². The van der Waals surface area contributed by atoms with Gasteiger partial charge in [0.2, 0.25) is 0 Å². The topological polar surface area (TPSA) is 87.1 Å². The number of hydrogen-bond donors (Lipinski definition) is 0. The van der Waals surface area contributed by atoms with Crippen LogP contribution in [-0.2, 0) is 16.0 Å². The fourth-order valence-electron chi connectivity index (χ4n) is 6.26. The summed E-state index contributed by atoms with van der Waals surface area (Å²) in [5.74, 6) is 3.00. The molecule has 1 fully saturated rings. The second-order valence-corrected chi connectivity index (χ2v) is 17.5. The maximum atomic E-state index is 13.6. The number of ether oxygens (including phenoxy) is 3. The van der Waals surface area contributed by atoms with Gasteiger partial charge in [-0.15, -0.1) is 11.3 Å². The summed E-state index contributed by atoms with van der Waals surface area (Å²) in [6.07, 6.45) is -0.336. The molecule has 0 radical (unpaired) electrons. The molecule has 0 N–H and O–H groups in total. The normalized spacial score (nSPS) is 14.9. The van der Waals surface area contributed by atoms with E-state index in [9.17, 15) is 9.59 Å². The van der Waals surface area contributed by atoms with Crippen LogP contribution in [0.1, 0.15) is 39.0 Å². The van der Waals surface area contributed by atoms with Crippen LogP contribution in [-0.4, -0.2) is 104 Å². The number of hydrogen-bond acceptors (Lipinski definition) is 11. The van der Waals surface area contributed by atoms with E-state index in [1.54, 1.807) is 49.8 Å². The SMILES string of the molecule is Cc1ccc(OC(CCN(C)C(=O)OCCSSCCOC(=O)N2Cc3sc(C)cc3C(N3CCN(C)CC3)=Nc3ccccc32)c2ccccc2)cc1. The Morgan fingerprint density at radius 2 is 1.57 bits per heavy atom. The Morgan fingerprint density at radius 3 is 2.31 bits per heavy atom. The predicted molar refractivity (Wildman–Crippen MR) is 223 cm³/mol. The number of piperazine rings is 1. The van der Waals surface area contributed by atoms with E-state index in [1.807, 2.05) is 85.8 Å². The number of anilines is 1. The molecule has 1 aromatic heterocycles. The molecule has 6 rings (SSSR count). The van der Waals surface area contributed by atoms with Crippen molar-refractivity contribution in [3.63, 3.8) is 0 Å². The van der Waals surface area contributed by atoms with Crippen molar-refractivity contribution in [2.75, 3.05) is 76.4 Å². The van der Waals surface area contributed by atoms with E-state index < -0.39 is 0 Å². The molecular formula is C41H49N5O5S3. The van der Waals surface area contributed by atoms with Gasteiger partial charge >= 0.3 is 12.2 Å². The van der Waals surface area contributed by atoms with Crippen molar-refractivity contribution < 1.29 is 23.8 Å². The van der Waals surface area contributed by atoms with Crippen LogP contribution in [0, 0.1) is 13.8 Å². The van der Waals surface area contributed by atoms with Crippen LogP contribution in [0.3, 0.4) is 0 Å². The van der Waals surface area contributed by atoms with Gasteiger partial charge in [0.1, 0.15) is 30.9 Å². The number of nitrogens with zero attached hydrogens (tertiary/aromatic N) is 5. The number of carbonyl (C=O) groups is 2. The smallest absolute Gasteiger partial charge is 0.414 e. The van der Waals surface area contributed by atoms with Crippen molar-refractivity contribution in [1.29, 1.82) is 0 Å². The summed E-state index contributed by atoms with van der Waals surface area (Å²) in [5.41, 5.74) is 4.83. The van der Waals surface area contributed by atoms with E-state index in [-0.39, 0.29) is 31.5 Å². The Hall–Kier alpha value is -4.17. The zero-order valence-corrected chi connectivity index (χ0v) is 33.9. The fraction of sp³-hybridized carbons (Fsp3) is 0.390. The highest BCUT2D eigenvalue weighted by Gasteiger charge is 2.29. The van der Waals surface area contributed by atoms with E-state index >= 15 is 0 Å². The zero-order chi connectivity index (χ0) is 37.9. The monoisotopic (exact) mass is 787 g/mol. The number of thiophene rings is 1. The molecule has 2 aliphatic heterocycles. The van der Waals surface area contributed by atoms with Crippen molar-refractivity contribution in [3.05, 3.63) is 111 Å². The summed E-state index contributed by atoms with van der Waals surface area (Å²) in [4.78, 5) is 41.8. The molecule has 2 aliphatic rings. The summed E-state index contributed by atoms with van der Waals surface area (Å²) in [6, 6.07) is 28.1. The zero-order valence-electron chi connectivity index (χ0n) is 31.4. The number of aryl methyl sites for hydroxylation is 2. The molecule has 0 aliphatic carbocycles. The molecule has 286 valence electrons. The van der Waals surface area contributed by atoms with E-state index in [0.717, 1.165) is 65.1 Å². The molecule has 0 saturated carbocycles. The van der Waals surface area contributed by atoms with E-state index in [4.69, 9.17) is 19.2 Å². The van der Waals surface area contributed by atoms with E-state index in [2.05, 4.69) is 29.8 Å². The Balaban J connectivity index is 0.933. The number of rotatable bonds is 13. The lowest BCUT2D eigenvalue weighted by atomic mass is 10.1. The molecule has 1 unspecified atom stereocenters. The van der Waals surface area contributed by atoms with Gasteiger partial charge in [-0.2, -0.15) is 0 Å². The third-order valence-corrected chi connectivity index (χ3v) is 12.6. The van der Waals surface area contributed by atoms with Gasteiger partial charge in [-0.3, -0.25) is 4.90 Å². The van der Waals surface area contributed by atoms with Crippen molar-refractivity contribution in [2.45, 2.75) is 32.9 Å². The van der Waals surface area contributed by atoms with Crippen molar-refractivity contribution in [2.24, 2.45) is 4.99 Å². The molecule has 13 heteroatoms. The van der Waals surface area contributed by atoms with Crippen LogP contribution in [0.4, 0.5) is 21.0 Å². The molecule has 3 heterocycles. The minimum atomic E-state index is -0.390. The maximum Gasteiger partial charge on any atom is 0.414 e. The van der Waals surface area contributed by atoms with Gasteiger partial charge < -0.3 is 28.9 Å². The third kappa shape index (κ3) is 10.7. The van der Waals surface area contributed by atoms with E-state index in [0.29, 0.717) is 31.0 Å². The first-order valence-electron chi connectivity index (χ1n) is 18.3. The number of para-hydroxylation sites is 2. The van der Waals surface area contributed by atoms with E-state index in [1.165, 1.54) is 10.4 Å². The van der Waals surface area contributed by atoms with Crippen LogP contribution in [0.5, 0.6) is 5.75 Å². The molecule has 54 heavy (non-hydrogen) atoms. The number of carbonyl (C=O) groups excluding carboxylic acids is 2. The van der Waals surface area contributed by atoms with Gasteiger partial charge in [-0.25, -0.2) is 14.6 Å². The first-order valence-corrected chi connectivity index (χ1v) is 21.6. The molecular weight excluding hydrogens is 739 g/mol. The summed E-state index contributed by atoms with van der Waals surface area (Å²) in [6.45, 7) is 9.39. The molecule has 1 atom stereocenters. The van der Waals surface area contributed by atoms with Gasteiger partial charge in [0.25, 0.3) is 0 Å². The van der Waals surface area contributed by atoms with Crippen molar-refractivity contribution in [3.8, 4) is 5.75 Å². The average molecular weight is 788 g/mol. The van der Waals surface area contributed by atoms with Crippen LogP contribution < -0.4 is 9.64 Å². The second kappa shape index (κ2) is 19.4. The number of amidine groups is 1. The largest absolute Gasteiger partial charge is 0.486 e. The number of benzene rings is 3. The Bertz CT molecular complexity index is 1860. The minimum absolute atomic E-state index is 0.199. The van der Waals surface area contributed by atoms with Gasteiger partial charge in [0.05, 0.1) is 17.9 Å². The Kier molecular flexibility index (Phi) is 14.2. The second-order valence-electron chi connectivity index (χ2n) is 13.4. The molecule has 10 nitrogen and oxygen atoms in total. The average Bonchev–Trinajstić information content (AvgIpc) is 3.54. The Morgan fingerprint density at radius 1 is 0.889 bits per heavy atom. The highest BCUT2D eigenvalue weighted by atomic mass is 33.1. The predicted octanol–water partition coefficient (Wildman–Crippen LogP) is 8.81. The van der Waals surface area contributed by atoms with Crippen molar-refractivity contribution in [1.82, 2.24) is 14.7 Å². The number of likely N-dealkylation sites (N-methyl/N-ethyl adjacent to an activating group) is 1. The summed E-state index contributed by atoms with van der Waals surface area (Å²) in [5, 5.41) is 0. The van der Waals surface area contributed by atoms with Gasteiger partial charge in [-0.05, 0) is 56.8 Å². The number of aliphatic imine (C=N–C) groups is 1.